The summed E-state index contributed by atoms with van der Waals surface area (Å²) in [4.78, 5) is 19.1. The van der Waals surface area contributed by atoms with Crippen molar-refractivity contribution in [2.24, 2.45) is 0 Å². The first kappa shape index (κ1) is 18.6. The first-order chi connectivity index (χ1) is 14.8. The monoisotopic (exact) mass is 400 g/mol. The van der Waals surface area contributed by atoms with Crippen LogP contribution >= 0.6 is 0 Å². The highest BCUT2D eigenvalue weighted by Gasteiger charge is 2.17. The number of aryl methyl sites for hydroxylation is 1. The summed E-state index contributed by atoms with van der Waals surface area (Å²) in [7, 11) is 0. The molecule has 7 heteroatoms. The minimum absolute atomic E-state index is 0.700. The van der Waals surface area contributed by atoms with E-state index >= 15 is 0 Å². The van der Waals surface area contributed by atoms with Gasteiger partial charge >= 0.3 is 0 Å². The zero-order chi connectivity index (χ0) is 20.3. The minimum atomic E-state index is 0.700. The van der Waals surface area contributed by atoms with Crippen LogP contribution in [0.15, 0.2) is 55.0 Å². The van der Waals surface area contributed by atoms with Crippen molar-refractivity contribution in [2.75, 3.05) is 36.5 Å². The topological polar surface area (TPSA) is 79.0 Å². The van der Waals surface area contributed by atoms with Crippen LogP contribution in [0, 0.1) is 6.92 Å². The molecule has 1 aromatic carbocycles. The van der Waals surface area contributed by atoms with Crippen LogP contribution in [0.1, 0.15) is 11.3 Å². The number of aromatic nitrogens is 4. The number of morpholine rings is 1. The van der Waals surface area contributed by atoms with E-state index in [0.717, 1.165) is 65.8 Å². The Morgan fingerprint density at radius 1 is 1.03 bits per heavy atom. The molecule has 1 fully saturated rings. The molecular formula is C23H24N6O. The molecule has 0 radical (unpaired) electrons. The summed E-state index contributed by atoms with van der Waals surface area (Å²) in [5, 5.41) is 4.48. The molecule has 0 unspecified atom stereocenters. The molecule has 30 heavy (non-hydrogen) atoms. The smallest absolute Gasteiger partial charge is 0.143 e. The van der Waals surface area contributed by atoms with Crippen molar-refractivity contribution in [1.29, 1.82) is 0 Å². The highest BCUT2D eigenvalue weighted by Crippen LogP contribution is 2.29. The Labute approximate surface area is 175 Å². The maximum absolute atomic E-state index is 5.47. The van der Waals surface area contributed by atoms with E-state index in [1.165, 1.54) is 5.56 Å². The standard InChI is InChI=1S/C23H24N6O/c1-16-6-7-24-19(12-16)14-25-18-4-2-17(3-5-18)21-13-20-22(28-21)26-15-27-23(20)29-8-10-30-11-9-29/h2-7,12-13,15,25H,8-11,14H2,1H3,(H,26,27,28). The number of rotatable bonds is 5. The quantitative estimate of drug-likeness (QED) is 0.531. The van der Waals surface area contributed by atoms with Crippen LogP contribution in [-0.2, 0) is 11.3 Å². The maximum Gasteiger partial charge on any atom is 0.143 e. The Morgan fingerprint density at radius 3 is 2.67 bits per heavy atom. The number of benzene rings is 1. The molecule has 5 rings (SSSR count). The summed E-state index contributed by atoms with van der Waals surface area (Å²) in [6.07, 6.45) is 3.47. The fraction of sp³-hybridized carbons (Fsp3) is 0.261. The molecule has 3 aromatic heterocycles. The van der Waals surface area contributed by atoms with E-state index in [9.17, 15) is 0 Å². The Balaban J connectivity index is 1.35. The lowest BCUT2D eigenvalue weighted by Crippen LogP contribution is -2.36. The van der Waals surface area contributed by atoms with Crippen molar-refractivity contribution in [1.82, 2.24) is 19.9 Å². The van der Waals surface area contributed by atoms with Gasteiger partial charge in [-0.25, -0.2) is 9.97 Å². The van der Waals surface area contributed by atoms with Crippen LogP contribution in [0.5, 0.6) is 0 Å². The van der Waals surface area contributed by atoms with Gasteiger partial charge in [0.15, 0.2) is 0 Å². The number of hydrogen-bond acceptors (Lipinski definition) is 6. The number of nitrogens with one attached hydrogen (secondary N) is 2. The fourth-order valence-corrected chi connectivity index (χ4v) is 3.77. The number of aromatic amines is 1. The normalized spacial score (nSPS) is 14.2. The summed E-state index contributed by atoms with van der Waals surface area (Å²) in [5.41, 5.74) is 6.31. The zero-order valence-electron chi connectivity index (χ0n) is 16.9. The van der Waals surface area contributed by atoms with E-state index in [-0.39, 0.29) is 0 Å². The minimum Gasteiger partial charge on any atom is -0.379 e. The van der Waals surface area contributed by atoms with Crippen molar-refractivity contribution >= 4 is 22.5 Å². The largest absolute Gasteiger partial charge is 0.379 e. The second-order valence-electron chi connectivity index (χ2n) is 7.50. The highest BCUT2D eigenvalue weighted by molar-refractivity contribution is 5.92. The van der Waals surface area contributed by atoms with Gasteiger partial charge in [0.1, 0.15) is 17.8 Å². The van der Waals surface area contributed by atoms with E-state index in [1.54, 1.807) is 6.33 Å². The molecule has 4 heterocycles. The molecule has 7 nitrogen and oxygen atoms in total. The third-order valence-corrected chi connectivity index (χ3v) is 5.36. The number of nitrogens with zero attached hydrogens (tertiary/aromatic N) is 4. The second kappa shape index (κ2) is 8.12. The lowest BCUT2D eigenvalue weighted by atomic mass is 10.1. The van der Waals surface area contributed by atoms with Gasteiger partial charge in [-0.3, -0.25) is 4.98 Å². The molecule has 152 valence electrons. The van der Waals surface area contributed by atoms with Crippen LogP contribution < -0.4 is 10.2 Å². The van der Waals surface area contributed by atoms with Crippen molar-refractivity contribution < 1.29 is 4.74 Å². The van der Waals surface area contributed by atoms with Crippen molar-refractivity contribution in [3.8, 4) is 11.3 Å². The number of hydrogen-bond donors (Lipinski definition) is 2. The van der Waals surface area contributed by atoms with E-state index in [4.69, 9.17) is 4.74 Å². The summed E-state index contributed by atoms with van der Waals surface area (Å²) < 4.78 is 5.47. The molecule has 1 saturated heterocycles. The number of anilines is 2. The van der Waals surface area contributed by atoms with Crippen molar-refractivity contribution in [3.63, 3.8) is 0 Å². The van der Waals surface area contributed by atoms with E-state index in [0.29, 0.717) is 6.54 Å². The summed E-state index contributed by atoms with van der Waals surface area (Å²) in [6, 6.07) is 14.6. The van der Waals surface area contributed by atoms with Crippen LogP contribution in [0.25, 0.3) is 22.3 Å². The predicted molar refractivity (Wildman–Crippen MR) is 119 cm³/mol. The van der Waals surface area contributed by atoms with Gasteiger partial charge in [0.2, 0.25) is 0 Å². The number of fused-ring (bicyclic) bond motifs is 1. The Hall–Kier alpha value is -3.45. The molecular weight excluding hydrogens is 376 g/mol. The number of pyridine rings is 1. The van der Waals surface area contributed by atoms with E-state index in [2.05, 4.69) is 73.5 Å². The average molecular weight is 400 g/mol. The van der Waals surface area contributed by atoms with Crippen molar-refractivity contribution in [3.05, 3.63) is 66.2 Å². The fourth-order valence-electron chi connectivity index (χ4n) is 3.77. The summed E-state index contributed by atoms with van der Waals surface area (Å²) in [6.45, 7) is 5.94. The zero-order valence-corrected chi connectivity index (χ0v) is 16.9. The average Bonchev–Trinajstić information content (AvgIpc) is 3.23. The van der Waals surface area contributed by atoms with Gasteiger partial charge < -0.3 is 19.9 Å². The molecule has 1 aliphatic heterocycles. The molecule has 1 aliphatic rings. The Kier molecular flexibility index (Phi) is 5.03. The first-order valence-corrected chi connectivity index (χ1v) is 10.2. The lowest BCUT2D eigenvalue weighted by molar-refractivity contribution is 0.122. The van der Waals surface area contributed by atoms with Gasteiger partial charge in [0.25, 0.3) is 0 Å². The van der Waals surface area contributed by atoms with Crippen molar-refractivity contribution in [2.45, 2.75) is 13.5 Å². The third-order valence-electron chi connectivity index (χ3n) is 5.36. The highest BCUT2D eigenvalue weighted by atomic mass is 16.5. The van der Waals surface area contributed by atoms with Crippen LogP contribution in [0.4, 0.5) is 11.5 Å². The van der Waals surface area contributed by atoms with Gasteiger partial charge in [-0.1, -0.05) is 12.1 Å². The van der Waals surface area contributed by atoms with E-state index in [1.807, 2.05) is 12.3 Å². The molecule has 0 spiro atoms. The van der Waals surface area contributed by atoms with Gasteiger partial charge in [-0.2, -0.15) is 0 Å². The lowest BCUT2D eigenvalue weighted by Gasteiger charge is -2.27. The maximum atomic E-state index is 5.47. The predicted octanol–water partition coefficient (Wildman–Crippen LogP) is 3.78. The first-order valence-electron chi connectivity index (χ1n) is 10.2. The van der Waals surface area contributed by atoms with Gasteiger partial charge in [-0.05, 0) is 48.4 Å². The molecule has 0 bridgehead atoms. The van der Waals surface area contributed by atoms with Gasteiger partial charge in [0.05, 0.1) is 30.8 Å². The van der Waals surface area contributed by atoms with Gasteiger partial charge in [0, 0.05) is 30.7 Å². The number of H-pyrrole nitrogens is 1. The molecule has 0 atom stereocenters. The molecule has 0 saturated carbocycles. The molecule has 0 amide bonds. The van der Waals surface area contributed by atoms with Gasteiger partial charge in [-0.15, -0.1) is 0 Å². The summed E-state index contributed by atoms with van der Waals surface area (Å²) >= 11 is 0. The van der Waals surface area contributed by atoms with Crippen LogP contribution in [-0.4, -0.2) is 46.2 Å². The summed E-state index contributed by atoms with van der Waals surface area (Å²) in [5.74, 6) is 0.967. The second-order valence-corrected chi connectivity index (χ2v) is 7.50. The van der Waals surface area contributed by atoms with E-state index < -0.39 is 0 Å². The van der Waals surface area contributed by atoms with Crippen LogP contribution in [0.2, 0.25) is 0 Å². The Bertz CT molecular complexity index is 1150. The molecule has 4 aromatic rings. The molecule has 0 aliphatic carbocycles. The molecule has 2 N–H and O–H groups in total. The third kappa shape index (κ3) is 3.84. The Morgan fingerprint density at radius 2 is 1.87 bits per heavy atom. The number of ether oxygens (including phenoxy) is 1. The SMILES string of the molecule is Cc1ccnc(CNc2ccc(-c3cc4c(N5CCOCC5)ncnc4[nH]3)cc2)c1. The van der Waals surface area contributed by atoms with Crippen LogP contribution in [0.3, 0.4) is 0 Å².